The predicted octanol–water partition coefficient (Wildman–Crippen LogP) is 4.74. The second-order valence-electron chi connectivity index (χ2n) is 6.92. The summed E-state index contributed by atoms with van der Waals surface area (Å²) in [6.07, 6.45) is 1.79. The van der Waals surface area contributed by atoms with Crippen LogP contribution in [0.3, 0.4) is 0 Å². The molecule has 0 aliphatic heterocycles. The van der Waals surface area contributed by atoms with E-state index in [2.05, 4.69) is 35.5 Å². The number of halogens is 1. The van der Waals surface area contributed by atoms with Crippen LogP contribution in [-0.2, 0) is 6.54 Å². The minimum atomic E-state index is -0.115. The molecular formula is C21H21ClN4. The number of pyridine rings is 1. The Morgan fingerprint density at radius 1 is 1.12 bits per heavy atom. The fourth-order valence-corrected chi connectivity index (χ4v) is 2.86. The van der Waals surface area contributed by atoms with Crippen LogP contribution in [0.1, 0.15) is 25.0 Å². The molecule has 0 saturated heterocycles. The molecule has 132 valence electrons. The van der Waals surface area contributed by atoms with Crippen LogP contribution in [0.4, 0.5) is 5.69 Å². The number of nitrogens with one attached hydrogen (secondary N) is 2. The van der Waals surface area contributed by atoms with Crippen molar-refractivity contribution in [2.45, 2.75) is 25.9 Å². The molecule has 0 spiro atoms. The van der Waals surface area contributed by atoms with E-state index < -0.39 is 0 Å². The van der Waals surface area contributed by atoms with Gasteiger partial charge in [-0.05, 0) is 55.8 Å². The zero-order valence-corrected chi connectivity index (χ0v) is 15.6. The summed E-state index contributed by atoms with van der Waals surface area (Å²) in [5.41, 5.74) is 3.64. The molecule has 1 heterocycles. The number of nitrogens with zero attached hydrogens (tertiary/aromatic N) is 2. The molecule has 0 fully saturated rings. The highest BCUT2D eigenvalue weighted by molar-refractivity contribution is 6.31. The van der Waals surface area contributed by atoms with E-state index in [-0.39, 0.29) is 5.54 Å². The standard InChI is InChI=1S/C21H21ClN4/c1-21(2,26-13-16-5-3-15(12-23)4-6-16)14-25-19-9-10-24-20-11-17(22)7-8-18(19)20/h3-11,26H,13-14H2,1-2H3,(H,24,25). The quantitative estimate of drug-likeness (QED) is 0.663. The fourth-order valence-electron chi connectivity index (χ4n) is 2.69. The number of benzene rings is 2. The average Bonchev–Trinajstić information content (AvgIpc) is 2.65. The molecule has 26 heavy (non-hydrogen) atoms. The predicted molar refractivity (Wildman–Crippen MR) is 107 cm³/mol. The van der Waals surface area contributed by atoms with Crippen LogP contribution in [0.15, 0.2) is 54.7 Å². The molecule has 0 saturated carbocycles. The van der Waals surface area contributed by atoms with Crippen molar-refractivity contribution in [2.24, 2.45) is 0 Å². The highest BCUT2D eigenvalue weighted by Gasteiger charge is 2.17. The summed E-state index contributed by atoms with van der Waals surface area (Å²) in [5.74, 6) is 0. The molecule has 0 radical (unpaired) electrons. The highest BCUT2D eigenvalue weighted by Crippen LogP contribution is 2.24. The Balaban J connectivity index is 1.63. The largest absolute Gasteiger partial charge is 0.383 e. The van der Waals surface area contributed by atoms with Gasteiger partial charge in [-0.2, -0.15) is 5.26 Å². The van der Waals surface area contributed by atoms with Gasteiger partial charge in [-0.25, -0.2) is 0 Å². The molecule has 3 aromatic rings. The van der Waals surface area contributed by atoms with Gasteiger partial charge >= 0.3 is 0 Å². The SMILES string of the molecule is CC(C)(CNc1ccnc2cc(Cl)ccc12)NCc1ccc(C#N)cc1. The van der Waals surface area contributed by atoms with E-state index in [0.717, 1.165) is 35.2 Å². The van der Waals surface area contributed by atoms with E-state index in [4.69, 9.17) is 16.9 Å². The van der Waals surface area contributed by atoms with Gasteiger partial charge in [-0.15, -0.1) is 0 Å². The third-order valence-corrected chi connectivity index (χ3v) is 4.51. The van der Waals surface area contributed by atoms with Crippen LogP contribution in [0, 0.1) is 11.3 Å². The molecule has 2 N–H and O–H groups in total. The zero-order chi connectivity index (χ0) is 18.6. The normalized spacial score (nSPS) is 11.3. The molecule has 0 aliphatic rings. The Bertz CT molecular complexity index is 942. The molecule has 2 aromatic carbocycles. The smallest absolute Gasteiger partial charge is 0.0991 e. The topological polar surface area (TPSA) is 60.7 Å². The van der Waals surface area contributed by atoms with E-state index in [9.17, 15) is 0 Å². The maximum atomic E-state index is 8.87. The summed E-state index contributed by atoms with van der Waals surface area (Å²) >= 11 is 6.05. The van der Waals surface area contributed by atoms with Gasteiger partial charge in [-0.1, -0.05) is 23.7 Å². The first kappa shape index (κ1) is 18.2. The second kappa shape index (κ2) is 7.74. The molecule has 5 heteroatoms. The van der Waals surface area contributed by atoms with Gasteiger partial charge in [0, 0.05) is 40.9 Å². The van der Waals surface area contributed by atoms with Crippen molar-refractivity contribution in [1.29, 1.82) is 5.26 Å². The number of aromatic nitrogens is 1. The summed E-state index contributed by atoms with van der Waals surface area (Å²) in [6, 6.07) is 17.5. The first-order valence-electron chi connectivity index (χ1n) is 8.49. The molecule has 0 bridgehead atoms. The van der Waals surface area contributed by atoms with Gasteiger partial charge in [0.25, 0.3) is 0 Å². The molecule has 0 atom stereocenters. The number of anilines is 1. The van der Waals surface area contributed by atoms with Crippen molar-refractivity contribution in [3.63, 3.8) is 0 Å². The van der Waals surface area contributed by atoms with Gasteiger partial charge < -0.3 is 10.6 Å². The number of nitriles is 1. The average molecular weight is 365 g/mol. The Hall–Kier alpha value is -2.61. The lowest BCUT2D eigenvalue weighted by molar-refractivity contribution is 0.407. The van der Waals surface area contributed by atoms with Gasteiger partial charge in [0.2, 0.25) is 0 Å². The maximum Gasteiger partial charge on any atom is 0.0991 e. The zero-order valence-electron chi connectivity index (χ0n) is 14.9. The Morgan fingerprint density at radius 2 is 1.88 bits per heavy atom. The van der Waals surface area contributed by atoms with Crippen molar-refractivity contribution in [3.05, 3.63) is 70.9 Å². The van der Waals surface area contributed by atoms with Crippen molar-refractivity contribution in [3.8, 4) is 6.07 Å². The lowest BCUT2D eigenvalue weighted by atomic mass is 10.0. The van der Waals surface area contributed by atoms with Gasteiger partial charge in [0.15, 0.2) is 0 Å². The summed E-state index contributed by atoms with van der Waals surface area (Å²) in [5, 5.41) is 17.7. The third kappa shape index (κ3) is 4.51. The number of rotatable bonds is 6. The Kier molecular flexibility index (Phi) is 5.41. The van der Waals surface area contributed by atoms with Crippen LogP contribution in [-0.4, -0.2) is 17.1 Å². The van der Waals surface area contributed by atoms with E-state index in [1.165, 1.54) is 0 Å². The molecule has 1 aromatic heterocycles. The van der Waals surface area contributed by atoms with E-state index in [1.807, 2.05) is 48.5 Å². The minimum absolute atomic E-state index is 0.115. The second-order valence-corrected chi connectivity index (χ2v) is 7.36. The van der Waals surface area contributed by atoms with Crippen LogP contribution in [0.5, 0.6) is 0 Å². The summed E-state index contributed by atoms with van der Waals surface area (Å²) in [4.78, 5) is 4.37. The van der Waals surface area contributed by atoms with E-state index >= 15 is 0 Å². The Morgan fingerprint density at radius 3 is 2.62 bits per heavy atom. The van der Waals surface area contributed by atoms with Crippen LogP contribution < -0.4 is 10.6 Å². The van der Waals surface area contributed by atoms with Crippen molar-refractivity contribution in [1.82, 2.24) is 10.3 Å². The van der Waals surface area contributed by atoms with Gasteiger partial charge in [0.05, 0.1) is 17.1 Å². The van der Waals surface area contributed by atoms with Crippen LogP contribution in [0.25, 0.3) is 10.9 Å². The monoisotopic (exact) mass is 364 g/mol. The summed E-state index contributed by atoms with van der Waals surface area (Å²) < 4.78 is 0. The molecule has 0 unspecified atom stereocenters. The Labute approximate surface area is 158 Å². The van der Waals surface area contributed by atoms with Crippen molar-refractivity contribution < 1.29 is 0 Å². The number of hydrogen-bond acceptors (Lipinski definition) is 4. The van der Waals surface area contributed by atoms with Gasteiger partial charge in [-0.3, -0.25) is 4.98 Å². The van der Waals surface area contributed by atoms with E-state index in [1.54, 1.807) is 6.20 Å². The first-order valence-corrected chi connectivity index (χ1v) is 8.87. The molecule has 4 nitrogen and oxygen atoms in total. The van der Waals surface area contributed by atoms with Crippen molar-refractivity contribution in [2.75, 3.05) is 11.9 Å². The highest BCUT2D eigenvalue weighted by atomic mass is 35.5. The molecule has 3 rings (SSSR count). The van der Waals surface area contributed by atoms with E-state index in [0.29, 0.717) is 10.6 Å². The summed E-state index contributed by atoms with van der Waals surface area (Å²) in [7, 11) is 0. The third-order valence-electron chi connectivity index (χ3n) is 4.28. The number of fused-ring (bicyclic) bond motifs is 1. The molecular weight excluding hydrogens is 344 g/mol. The van der Waals surface area contributed by atoms with Crippen LogP contribution in [0.2, 0.25) is 5.02 Å². The lowest BCUT2D eigenvalue weighted by Gasteiger charge is -2.27. The lowest BCUT2D eigenvalue weighted by Crippen LogP contribution is -2.44. The maximum absolute atomic E-state index is 8.87. The van der Waals surface area contributed by atoms with Gasteiger partial charge in [0.1, 0.15) is 0 Å². The fraction of sp³-hybridized carbons (Fsp3) is 0.238. The number of hydrogen-bond donors (Lipinski definition) is 2. The first-order chi connectivity index (χ1) is 12.5. The minimum Gasteiger partial charge on any atom is -0.383 e. The molecule has 0 aliphatic carbocycles. The van der Waals surface area contributed by atoms with Crippen molar-refractivity contribution >= 4 is 28.2 Å². The van der Waals surface area contributed by atoms with Crippen LogP contribution >= 0.6 is 11.6 Å². The molecule has 0 amide bonds. The summed E-state index contributed by atoms with van der Waals surface area (Å²) in [6.45, 7) is 5.81.